The minimum atomic E-state index is 0. The first kappa shape index (κ1) is 21.9. The predicted octanol–water partition coefficient (Wildman–Crippen LogP) is 5.84. The maximum atomic E-state index is 6.70. The first-order valence-electron chi connectivity index (χ1n) is 9.85. The van der Waals surface area contributed by atoms with E-state index in [9.17, 15) is 0 Å². The van der Waals surface area contributed by atoms with Gasteiger partial charge in [-0.05, 0) is 49.4 Å². The predicted molar refractivity (Wildman–Crippen MR) is 117 cm³/mol. The third-order valence-corrected chi connectivity index (χ3v) is 5.61. The molecule has 1 saturated heterocycles. The number of ether oxygens (including phenoxy) is 1. The van der Waals surface area contributed by atoms with E-state index in [2.05, 4.69) is 87.6 Å². The molecule has 1 aliphatic heterocycles. The average molecular weight is 388 g/mol. The van der Waals surface area contributed by atoms with Gasteiger partial charge >= 0.3 is 0 Å². The lowest BCUT2D eigenvalue weighted by atomic mass is 9.73. The maximum Gasteiger partial charge on any atom is 0.0873 e. The van der Waals surface area contributed by atoms with Crippen molar-refractivity contribution in [3.63, 3.8) is 0 Å². The van der Waals surface area contributed by atoms with Gasteiger partial charge in [-0.25, -0.2) is 0 Å². The van der Waals surface area contributed by atoms with Gasteiger partial charge in [0.05, 0.1) is 12.7 Å². The lowest BCUT2D eigenvalue weighted by Crippen LogP contribution is -2.44. The second-order valence-corrected chi connectivity index (χ2v) is 8.87. The number of benzene rings is 2. The SMILES string of the molecule is Cc1cccc(C2(COC(c3ccccc3)C(C)(C)C)CCNCC2)c1.Cl. The van der Waals surface area contributed by atoms with Crippen LogP contribution >= 0.6 is 12.4 Å². The molecule has 3 heteroatoms. The minimum absolute atomic E-state index is 0. The van der Waals surface area contributed by atoms with Gasteiger partial charge in [-0.2, -0.15) is 0 Å². The lowest BCUT2D eigenvalue weighted by molar-refractivity contribution is -0.0487. The number of nitrogens with one attached hydrogen (secondary N) is 1. The van der Waals surface area contributed by atoms with Crippen LogP contribution in [-0.4, -0.2) is 19.7 Å². The Morgan fingerprint density at radius 2 is 1.67 bits per heavy atom. The summed E-state index contributed by atoms with van der Waals surface area (Å²) in [7, 11) is 0. The molecular weight excluding hydrogens is 354 g/mol. The maximum absolute atomic E-state index is 6.70. The van der Waals surface area contributed by atoms with Gasteiger partial charge in [-0.15, -0.1) is 12.4 Å². The molecule has 2 aromatic carbocycles. The van der Waals surface area contributed by atoms with Gasteiger partial charge in [0.2, 0.25) is 0 Å². The Hall–Kier alpha value is -1.35. The molecule has 27 heavy (non-hydrogen) atoms. The summed E-state index contributed by atoms with van der Waals surface area (Å²) in [5.41, 5.74) is 4.20. The van der Waals surface area contributed by atoms with E-state index in [0.717, 1.165) is 32.5 Å². The van der Waals surface area contributed by atoms with Crippen molar-refractivity contribution in [2.45, 2.75) is 52.1 Å². The fourth-order valence-electron chi connectivity index (χ4n) is 4.11. The van der Waals surface area contributed by atoms with E-state index in [1.807, 2.05) is 0 Å². The first-order valence-corrected chi connectivity index (χ1v) is 9.85. The highest BCUT2D eigenvalue weighted by Crippen LogP contribution is 2.40. The molecule has 1 heterocycles. The van der Waals surface area contributed by atoms with Gasteiger partial charge in [0.25, 0.3) is 0 Å². The van der Waals surface area contributed by atoms with Crippen LogP contribution in [0.2, 0.25) is 0 Å². The van der Waals surface area contributed by atoms with Crippen molar-refractivity contribution in [3.05, 3.63) is 71.3 Å². The van der Waals surface area contributed by atoms with E-state index in [1.165, 1.54) is 16.7 Å². The van der Waals surface area contributed by atoms with Crippen molar-refractivity contribution >= 4 is 12.4 Å². The zero-order chi connectivity index (χ0) is 18.6. The van der Waals surface area contributed by atoms with Gasteiger partial charge in [-0.1, -0.05) is 80.9 Å². The summed E-state index contributed by atoms with van der Waals surface area (Å²) in [4.78, 5) is 0. The van der Waals surface area contributed by atoms with Crippen molar-refractivity contribution < 1.29 is 4.74 Å². The molecule has 1 unspecified atom stereocenters. The number of halogens is 1. The van der Waals surface area contributed by atoms with Crippen LogP contribution in [0.5, 0.6) is 0 Å². The molecule has 0 saturated carbocycles. The van der Waals surface area contributed by atoms with Crippen molar-refractivity contribution in [3.8, 4) is 0 Å². The standard InChI is InChI=1S/C24H33NO.ClH/c1-19-9-8-12-21(17-19)24(13-15-25-16-14-24)18-26-22(23(2,3)4)20-10-6-5-7-11-20;/h5-12,17,22,25H,13-16,18H2,1-4H3;1H. The van der Waals surface area contributed by atoms with E-state index in [-0.39, 0.29) is 29.3 Å². The number of piperidine rings is 1. The molecule has 1 fully saturated rings. The van der Waals surface area contributed by atoms with Crippen LogP contribution in [0.3, 0.4) is 0 Å². The summed E-state index contributed by atoms with van der Waals surface area (Å²) in [6.45, 7) is 11.9. The summed E-state index contributed by atoms with van der Waals surface area (Å²) in [5.74, 6) is 0. The molecule has 3 rings (SSSR count). The number of rotatable bonds is 5. The number of hydrogen-bond acceptors (Lipinski definition) is 2. The van der Waals surface area contributed by atoms with E-state index in [0.29, 0.717) is 0 Å². The largest absolute Gasteiger partial charge is 0.372 e. The fourth-order valence-corrected chi connectivity index (χ4v) is 4.11. The Bertz CT molecular complexity index is 702. The third-order valence-electron chi connectivity index (χ3n) is 5.61. The Labute approximate surface area is 171 Å². The number of hydrogen-bond donors (Lipinski definition) is 1. The molecule has 0 spiro atoms. The van der Waals surface area contributed by atoms with Crippen LogP contribution in [0.25, 0.3) is 0 Å². The van der Waals surface area contributed by atoms with Crippen LogP contribution < -0.4 is 5.32 Å². The quantitative estimate of drug-likeness (QED) is 0.695. The van der Waals surface area contributed by atoms with E-state index < -0.39 is 0 Å². The van der Waals surface area contributed by atoms with Gasteiger partial charge in [0.15, 0.2) is 0 Å². The van der Waals surface area contributed by atoms with Crippen molar-refractivity contribution in [1.29, 1.82) is 0 Å². The van der Waals surface area contributed by atoms with Crippen molar-refractivity contribution in [2.75, 3.05) is 19.7 Å². The summed E-state index contributed by atoms with van der Waals surface area (Å²) in [5, 5.41) is 3.52. The molecule has 148 valence electrons. The molecule has 0 aliphatic carbocycles. The Balaban J connectivity index is 0.00000261. The van der Waals surface area contributed by atoms with Crippen molar-refractivity contribution in [1.82, 2.24) is 5.32 Å². The number of aryl methyl sites for hydroxylation is 1. The monoisotopic (exact) mass is 387 g/mol. The molecular formula is C24H34ClNO. The van der Waals surface area contributed by atoms with Crippen LogP contribution in [0.4, 0.5) is 0 Å². The molecule has 0 aromatic heterocycles. The van der Waals surface area contributed by atoms with Crippen LogP contribution in [0.1, 0.15) is 56.4 Å². The molecule has 2 aromatic rings. The van der Waals surface area contributed by atoms with Gasteiger partial charge in [0, 0.05) is 5.41 Å². The highest BCUT2D eigenvalue weighted by Gasteiger charge is 2.37. The summed E-state index contributed by atoms with van der Waals surface area (Å²) < 4.78 is 6.70. The minimum Gasteiger partial charge on any atom is -0.372 e. The summed E-state index contributed by atoms with van der Waals surface area (Å²) in [6.07, 6.45) is 2.35. The Morgan fingerprint density at radius 1 is 1.00 bits per heavy atom. The highest BCUT2D eigenvalue weighted by atomic mass is 35.5. The Kier molecular flexibility index (Phi) is 7.50. The molecule has 1 N–H and O–H groups in total. The van der Waals surface area contributed by atoms with E-state index in [1.54, 1.807) is 0 Å². The molecule has 0 amide bonds. The molecule has 2 nitrogen and oxygen atoms in total. The van der Waals surface area contributed by atoms with Crippen molar-refractivity contribution in [2.24, 2.45) is 5.41 Å². The van der Waals surface area contributed by atoms with E-state index in [4.69, 9.17) is 4.74 Å². The smallest absolute Gasteiger partial charge is 0.0873 e. The summed E-state index contributed by atoms with van der Waals surface area (Å²) in [6, 6.07) is 19.7. The normalized spacial score (nSPS) is 17.8. The Morgan fingerprint density at radius 3 is 2.26 bits per heavy atom. The van der Waals surface area contributed by atoms with E-state index >= 15 is 0 Å². The van der Waals surface area contributed by atoms with Crippen LogP contribution in [0.15, 0.2) is 54.6 Å². The van der Waals surface area contributed by atoms with Gasteiger partial charge < -0.3 is 10.1 Å². The second kappa shape index (κ2) is 9.23. The molecule has 1 aliphatic rings. The lowest BCUT2D eigenvalue weighted by Gasteiger charge is -2.41. The second-order valence-electron chi connectivity index (χ2n) is 8.87. The molecule has 0 bridgehead atoms. The molecule has 0 radical (unpaired) electrons. The van der Waals surface area contributed by atoms with Gasteiger partial charge in [-0.3, -0.25) is 0 Å². The zero-order valence-corrected chi connectivity index (χ0v) is 17.9. The fraction of sp³-hybridized carbons (Fsp3) is 0.500. The average Bonchev–Trinajstić information content (AvgIpc) is 2.62. The van der Waals surface area contributed by atoms with Crippen LogP contribution in [-0.2, 0) is 10.2 Å². The molecule has 1 atom stereocenters. The van der Waals surface area contributed by atoms with Crippen LogP contribution in [0, 0.1) is 12.3 Å². The topological polar surface area (TPSA) is 21.3 Å². The summed E-state index contributed by atoms with van der Waals surface area (Å²) >= 11 is 0. The van der Waals surface area contributed by atoms with Gasteiger partial charge in [0.1, 0.15) is 0 Å². The third kappa shape index (κ3) is 5.34. The highest BCUT2D eigenvalue weighted by molar-refractivity contribution is 5.85. The zero-order valence-electron chi connectivity index (χ0n) is 17.1. The first-order chi connectivity index (χ1) is 12.4.